The molecular weight excluding hydrogens is 174 g/mol. The summed E-state index contributed by atoms with van der Waals surface area (Å²) in [5.74, 6) is 0. The molecule has 0 bridgehead atoms. The summed E-state index contributed by atoms with van der Waals surface area (Å²) < 4.78 is 0. The summed E-state index contributed by atoms with van der Waals surface area (Å²) >= 11 is 0. The molecule has 0 aliphatic carbocycles. The third kappa shape index (κ3) is 4.42. The first-order chi connectivity index (χ1) is 6.74. The molecule has 1 atom stereocenters. The molecule has 0 saturated heterocycles. The van der Waals surface area contributed by atoms with Crippen LogP contribution in [0.4, 0.5) is 0 Å². The van der Waals surface area contributed by atoms with Gasteiger partial charge in [0.2, 0.25) is 0 Å². The van der Waals surface area contributed by atoms with Crippen LogP contribution < -0.4 is 5.32 Å². The summed E-state index contributed by atoms with van der Waals surface area (Å²) in [7, 11) is 0. The van der Waals surface area contributed by atoms with Crippen LogP contribution in [0.2, 0.25) is 0 Å². The average Bonchev–Trinajstić information content (AvgIpc) is 2.63. The minimum Gasteiger partial charge on any atom is -0.348 e. The number of aryl methyl sites for hydroxylation is 1. The fraction of sp³-hybridized carbons (Fsp3) is 0.727. The lowest BCUT2D eigenvalue weighted by Crippen LogP contribution is -2.24. The van der Waals surface area contributed by atoms with Gasteiger partial charge in [-0.15, -0.1) is 0 Å². The largest absolute Gasteiger partial charge is 0.348 e. The second kappa shape index (κ2) is 7.56. The molecule has 3 heteroatoms. The SMILES string of the molecule is CC.CCC(C)NCc1nc[nH]c1C. The number of rotatable bonds is 4. The van der Waals surface area contributed by atoms with Gasteiger partial charge in [-0.1, -0.05) is 20.8 Å². The lowest BCUT2D eigenvalue weighted by molar-refractivity contribution is 0.529. The lowest BCUT2D eigenvalue weighted by atomic mass is 10.2. The predicted molar refractivity (Wildman–Crippen MR) is 61.3 cm³/mol. The van der Waals surface area contributed by atoms with Crippen LogP contribution in [0.1, 0.15) is 45.5 Å². The normalized spacial score (nSPS) is 11.8. The zero-order valence-electron chi connectivity index (χ0n) is 10.0. The van der Waals surface area contributed by atoms with Crippen molar-refractivity contribution in [2.24, 2.45) is 0 Å². The molecule has 0 radical (unpaired) electrons. The Morgan fingerprint density at radius 1 is 1.50 bits per heavy atom. The minimum atomic E-state index is 0.570. The lowest BCUT2D eigenvalue weighted by Gasteiger charge is -2.09. The van der Waals surface area contributed by atoms with Gasteiger partial charge in [-0.2, -0.15) is 0 Å². The Balaban J connectivity index is 0.000000791. The standard InChI is InChI=1S/C9H17N3.C2H6/c1-4-7(2)10-5-9-8(3)11-6-12-9;1-2/h6-7,10H,4-5H2,1-3H3,(H,11,12);1-2H3. The molecule has 14 heavy (non-hydrogen) atoms. The van der Waals surface area contributed by atoms with Crippen LogP contribution >= 0.6 is 0 Å². The second-order valence-electron chi connectivity index (χ2n) is 3.16. The summed E-state index contributed by atoms with van der Waals surface area (Å²) in [6.45, 7) is 11.3. The summed E-state index contributed by atoms with van der Waals surface area (Å²) in [6.07, 6.45) is 2.90. The molecule has 2 N–H and O–H groups in total. The molecule has 3 nitrogen and oxygen atoms in total. The van der Waals surface area contributed by atoms with Crippen molar-refractivity contribution in [2.45, 2.75) is 53.6 Å². The first kappa shape index (κ1) is 13.2. The minimum absolute atomic E-state index is 0.570. The fourth-order valence-corrected chi connectivity index (χ4v) is 0.981. The molecule has 0 saturated carbocycles. The van der Waals surface area contributed by atoms with Gasteiger partial charge in [-0.05, 0) is 20.3 Å². The predicted octanol–water partition coefficient (Wildman–Crippen LogP) is 2.63. The van der Waals surface area contributed by atoms with Gasteiger partial charge >= 0.3 is 0 Å². The number of imidazole rings is 1. The number of H-pyrrole nitrogens is 1. The molecule has 0 aliphatic rings. The summed E-state index contributed by atoms with van der Waals surface area (Å²) in [5, 5.41) is 3.39. The Kier molecular flexibility index (Phi) is 7.11. The molecule has 0 aromatic carbocycles. The molecule has 0 fully saturated rings. The highest BCUT2D eigenvalue weighted by molar-refractivity contribution is 5.07. The highest BCUT2D eigenvalue weighted by Gasteiger charge is 2.02. The van der Waals surface area contributed by atoms with Gasteiger partial charge in [-0.3, -0.25) is 0 Å². The number of aromatic nitrogens is 2. The maximum atomic E-state index is 4.20. The Hall–Kier alpha value is -0.830. The highest BCUT2D eigenvalue weighted by atomic mass is 15.0. The van der Waals surface area contributed by atoms with E-state index in [0.29, 0.717) is 6.04 Å². The Morgan fingerprint density at radius 2 is 2.14 bits per heavy atom. The van der Waals surface area contributed by atoms with Crippen LogP contribution in [-0.4, -0.2) is 16.0 Å². The molecule has 0 spiro atoms. The van der Waals surface area contributed by atoms with E-state index in [0.717, 1.165) is 24.4 Å². The quantitative estimate of drug-likeness (QED) is 0.779. The number of aromatic amines is 1. The topological polar surface area (TPSA) is 40.7 Å². The van der Waals surface area contributed by atoms with Crippen LogP contribution in [0.3, 0.4) is 0 Å². The number of nitrogens with zero attached hydrogens (tertiary/aromatic N) is 1. The van der Waals surface area contributed by atoms with Crippen LogP contribution in [0.5, 0.6) is 0 Å². The monoisotopic (exact) mass is 197 g/mol. The fourth-order valence-electron chi connectivity index (χ4n) is 0.981. The van der Waals surface area contributed by atoms with E-state index in [2.05, 4.69) is 29.1 Å². The van der Waals surface area contributed by atoms with Crippen LogP contribution in [0.25, 0.3) is 0 Å². The molecule has 82 valence electrons. The van der Waals surface area contributed by atoms with Gasteiger partial charge in [0.25, 0.3) is 0 Å². The molecular formula is C11H23N3. The van der Waals surface area contributed by atoms with Gasteiger partial charge in [0.1, 0.15) is 0 Å². The first-order valence-electron chi connectivity index (χ1n) is 5.46. The van der Waals surface area contributed by atoms with E-state index in [9.17, 15) is 0 Å². The maximum Gasteiger partial charge on any atom is 0.0925 e. The van der Waals surface area contributed by atoms with Gasteiger partial charge < -0.3 is 10.3 Å². The molecule has 1 unspecified atom stereocenters. The second-order valence-corrected chi connectivity index (χ2v) is 3.16. The van der Waals surface area contributed by atoms with Crippen molar-refractivity contribution >= 4 is 0 Å². The van der Waals surface area contributed by atoms with E-state index in [-0.39, 0.29) is 0 Å². The van der Waals surface area contributed by atoms with E-state index in [1.54, 1.807) is 6.33 Å². The summed E-state index contributed by atoms with van der Waals surface area (Å²) in [5.41, 5.74) is 2.28. The van der Waals surface area contributed by atoms with Gasteiger partial charge in [0, 0.05) is 18.3 Å². The van der Waals surface area contributed by atoms with Gasteiger partial charge in [-0.25, -0.2) is 4.98 Å². The van der Waals surface area contributed by atoms with Crippen molar-refractivity contribution < 1.29 is 0 Å². The van der Waals surface area contributed by atoms with E-state index in [1.165, 1.54) is 0 Å². The molecule has 1 aromatic rings. The zero-order chi connectivity index (χ0) is 11.0. The third-order valence-electron chi connectivity index (χ3n) is 2.16. The molecule has 0 amide bonds. The van der Waals surface area contributed by atoms with Crippen molar-refractivity contribution in [3.63, 3.8) is 0 Å². The Bertz CT molecular complexity index is 230. The van der Waals surface area contributed by atoms with Crippen molar-refractivity contribution in [1.82, 2.24) is 15.3 Å². The van der Waals surface area contributed by atoms with Crippen molar-refractivity contribution in [3.05, 3.63) is 17.7 Å². The van der Waals surface area contributed by atoms with Crippen molar-refractivity contribution in [3.8, 4) is 0 Å². The summed E-state index contributed by atoms with van der Waals surface area (Å²) in [6, 6.07) is 0.570. The molecule has 0 aliphatic heterocycles. The number of hydrogen-bond acceptors (Lipinski definition) is 2. The number of nitrogens with one attached hydrogen (secondary N) is 2. The molecule has 1 heterocycles. The van der Waals surface area contributed by atoms with Gasteiger partial charge in [0.15, 0.2) is 0 Å². The highest BCUT2D eigenvalue weighted by Crippen LogP contribution is 2.00. The number of hydrogen-bond donors (Lipinski definition) is 2. The summed E-state index contributed by atoms with van der Waals surface area (Å²) in [4.78, 5) is 7.26. The maximum absolute atomic E-state index is 4.20. The van der Waals surface area contributed by atoms with E-state index >= 15 is 0 Å². The average molecular weight is 197 g/mol. The Labute approximate surface area is 87.3 Å². The van der Waals surface area contributed by atoms with Crippen molar-refractivity contribution in [2.75, 3.05) is 0 Å². The van der Waals surface area contributed by atoms with E-state index in [4.69, 9.17) is 0 Å². The van der Waals surface area contributed by atoms with E-state index in [1.807, 2.05) is 20.8 Å². The van der Waals surface area contributed by atoms with Crippen LogP contribution in [0.15, 0.2) is 6.33 Å². The van der Waals surface area contributed by atoms with E-state index < -0.39 is 0 Å². The first-order valence-corrected chi connectivity index (χ1v) is 5.46. The third-order valence-corrected chi connectivity index (χ3v) is 2.16. The van der Waals surface area contributed by atoms with Crippen LogP contribution in [-0.2, 0) is 6.54 Å². The molecule has 1 rings (SSSR count). The van der Waals surface area contributed by atoms with Crippen LogP contribution in [0, 0.1) is 6.92 Å². The zero-order valence-corrected chi connectivity index (χ0v) is 10.0. The van der Waals surface area contributed by atoms with Crippen molar-refractivity contribution in [1.29, 1.82) is 0 Å². The molecule has 1 aromatic heterocycles. The van der Waals surface area contributed by atoms with Gasteiger partial charge in [0.05, 0.1) is 12.0 Å². The Morgan fingerprint density at radius 3 is 2.57 bits per heavy atom. The smallest absolute Gasteiger partial charge is 0.0925 e.